The van der Waals surface area contributed by atoms with Crippen LogP contribution in [0.25, 0.3) is 10.2 Å². The number of nitrogens with one attached hydrogen (secondary N) is 1. The van der Waals surface area contributed by atoms with Crippen LogP contribution in [0.2, 0.25) is 0 Å². The molecule has 3 heterocycles. The molecule has 2 aliphatic rings. The first-order chi connectivity index (χ1) is 14.4. The van der Waals surface area contributed by atoms with Crippen molar-refractivity contribution >= 4 is 48.5 Å². The largest absolute Gasteiger partial charge is 0.355 e. The molecule has 10 heteroatoms. The highest BCUT2D eigenvalue weighted by Gasteiger charge is 2.34. The van der Waals surface area contributed by atoms with Crippen LogP contribution in [-0.2, 0) is 14.8 Å². The summed E-state index contributed by atoms with van der Waals surface area (Å²) in [7, 11) is -3.66. The Bertz CT molecular complexity index is 1290. The zero-order chi connectivity index (χ0) is 20.9. The maximum Gasteiger partial charge on any atom is 0.285 e. The van der Waals surface area contributed by atoms with Crippen molar-refractivity contribution in [1.29, 1.82) is 0 Å². The normalized spacial score (nSPS) is 18.3. The molecule has 0 spiro atoms. The predicted molar refractivity (Wildman–Crippen MR) is 113 cm³/mol. The van der Waals surface area contributed by atoms with Crippen molar-refractivity contribution < 1.29 is 17.6 Å². The van der Waals surface area contributed by atoms with Crippen LogP contribution in [0.5, 0.6) is 0 Å². The summed E-state index contributed by atoms with van der Waals surface area (Å²) in [5.74, 6) is -0.220. The molecular formula is C20H17FN4O3S2. The SMILES string of the molecule is O=C(Nc1nc2ccc(F)cc2s1)C1CCN(C2=NS(=O)(=O)c3ccccc32)CC1. The Morgan fingerprint density at radius 1 is 1.17 bits per heavy atom. The number of hydrogen-bond acceptors (Lipinski definition) is 6. The van der Waals surface area contributed by atoms with E-state index in [-0.39, 0.29) is 22.5 Å². The van der Waals surface area contributed by atoms with Gasteiger partial charge < -0.3 is 10.2 Å². The molecule has 0 bridgehead atoms. The van der Waals surface area contributed by atoms with Crippen LogP contribution in [0, 0.1) is 11.7 Å². The molecule has 0 saturated carbocycles. The maximum atomic E-state index is 13.3. The molecule has 1 saturated heterocycles. The van der Waals surface area contributed by atoms with Crippen molar-refractivity contribution in [3.05, 3.63) is 53.8 Å². The summed E-state index contributed by atoms with van der Waals surface area (Å²) in [6.45, 7) is 1.07. The lowest BCUT2D eigenvalue weighted by atomic mass is 9.95. The zero-order valence-corrected chi connectivity index (χ0v) is 17.3. The zero-order valence-electron chi connectivity index (χ0n) is 15.7. The number of anilines is 1. The fourth-order valence-electron chi connectivity index (χ4n) is 3.83. The van der Waals surface area contributed by atoms with Gasteiger partial charge in [0.2, 0.25) is 5.91 Å². The number of nitrogens with zero attached hydrogens (tertiary/aromatic N) is 3. The van der Waals surface area contributed by atoms with E-state index < -0.39 is 10.0 Å². The van der Waals surface area contributed by atoms with E-state index >= 15 is 0 Å². The number of carbonyl (C=O) groups is 1. The number of fused-ring (bicyclic) bond motifs is 2. The topological polar surface area (TPSA) is 91.7 Å². The molecule has 0 radical (unpaired) electrons. The second-order valence-electron chi connectivity index (χ2n) is 7.27. The first kappa shape index (κ1) is 19.1. The van der Waals surface area contributed by atoms with Crippen LogP contribution < -0.4 is 5.32 Å². The number of benzene rings is 2. The van der Waals surface area contributed by atoms with Crippen molar-refractivity contribution in [3.8, 4) is 0 Å². The molecule has 2 aromatic carbocycles. The number of amides is 1. The third-order valence-electron chi connectivity index (χ3n) is 5.36. The van der Waals surface area contributed by atoms with Gasteiger partial charge in [-0.05, 0) is 43.2 Å². The van der Waals surface area contributed by atoms with Gasteiger partial charge in [-0.3, -0.25) is 4.79 Å². The highest BCUT2D eigenvalue weighted by molar-refractivity contribution is 7.90. The van der Waals surface area contributed by atoms with Gasteiger partial charge in [0, 0.05) is 24.6 Å². The first-order valence-corrected chi connectivity index (χ1v) is 11.7. The Kier molecular flexibility index (Phi) is 4.55. The molecule has 0 aliphatic carbocycles. The van der Waals surface area contributed by atoms with Gasteiger partial charge in [-0.2, -0.15) is 8.42 Å². The predicted octanol–water partition coefficient (Wildman–Crippen LogP) is 3.24. The van der Waals surface area contributed by atoms with E-state index in [1.807, 2.05) is 4.90 Å². The van der Waals surface area contributed by atoms with E-state index in [9.17, 15) is 17.6 Å². The van der Waals surface area contributed by atoms with Gasteiger partial charge in [0.05, 0.1) is 10.2 Å². The quantitative estimate of drug-likeness (QED) is 0.655. The van der Waals surface area contributed by atoms with Crippen LogP contribution in [0.1, 0.15) is 18.4 Å². The lowest BCUT2D eigenvalue weighted by Crippen LogP contribution is -2.41. The summed E-state index contributed by atoms with van der Waals surface area (Å²) in [5.41, 5.74) is 1.26. The second-order valence-corrected chi connectivity index (χ2v) is 9.87. The van der Waals surface area contributed by atoms with Gasteiger partial charge in [-0.1, -0.05) is 23.5 Å². The molecule has 30 heavy (non-hydrogen) atoms. The van der Waals surface area contributed by atoms with Crippen LogP contribution >= 0.6 is 11.3 Å². The van der Waals surface area contributed by atoms with E-state index in [0.717, 1.165) is 0 Å². The highest BCUT2D eigenvalue weighted by atomic mass is 32.2. The summed E-state index contributed by atoms with van der Waals surface area (Å²) in [5, 5.41) is 3.28. The minimum atomic E-state index is -3.66. The monoisotopic (exact) mass is 444 g/mol. The Labute approximate surface area is 176 Å². The number of sulfonamides is 1. The van der Waals surface area contributed by atoms with E-state index in [0.29, 0.717) is 52.7 Å². The van der Waals surface area contributed by atoms with Crippen molar-refractivity contribution in [3.63, 3.8) is 0 Å². The minimum absolute atomic E-state index is 0.129. The molecule has 5 rings (SSSR count). The Balaban J connectivity index is 1.26. The summed E-state index contributed by atoms with van der Waals surface area (Å²) in [6.07, 6.45) is 1.15. The number of amidine groups is 1. The van der Waals surface area contributed by atoms with E-state index in [4.69, 9.17) is 0 Å². The van der Waals surface area contributed by atoms with Crippen LogP contribution in [-0.4, -0.2) is 43.1 Å². The highest BCUT2D eigenvalue weighted by Crippen LogP contribution is 2.31. The van der Waals surface area contributed by atoms with Crippen molar-refractivity contribution in [2.75, 3.05) is 18.4 Å². The maximum absolute atomic E-state index is 13.3. The third kappa shape index (κ3) is 3.35. The Hall–Kier alpha value is -2.85. The fourth-order valence-corrected chi connectivity index (χ4v) is 5.95. The van der Waals surface area contributed by atoms with Crippen molar-refractivity contribution in [2.24, 2.45) is 10.3 Å². The summed E-state index contributed by atoms with van der Waals surface area (Å²) < 4.78 is 42.5. The fraction of sp³-hybridized carbons (Fsp3) is 0.250. The van der Waals surface area contributed by atoms with Gasteiger partial charge in [0.25, 0.3) is 10.0 Å². The Morgan fingerprint density at radius 3 is 2.73 bits per heavy atom. The van der Waals surface area contributed by atoms with Gasteiger partial charge in [-0.25, -0.2) is 9.37 Å². The summed E-state index contributed by atoms with van der Waals surface area (Å²) in [4.78, 5) is 19.2. The Morgan fingerprint density at radius 2 is 1.93 bits per heavy atom. The van der Waals surface area contributed by atoms with Crippen molar-refractivity contribution in [1.82, 2.24) is 9.88 Å². The number of aromatic nitrogens is 1. The lowest BCUT2D eigenvalue weighted by molar-refractivity contribution is -0.120. The molecule has 3 aromatic rings. The van der Waals surface area contributed by atoms with Crippen LogP contribution in [0.15, 0.2) is 51.8 Å². The molecule has 7 nitrogen and oxygen atoms in total. The smallest absolute Gasteiger partial charge is 0.285 e. The second kappa shape index (κ2) is 7.13. The number of carbonyl (C=O) groups excluding carboxylic acids is 1. The minimum Gasteiger partial charge on any atom is -0.355 e. The average molecular weight is 445 g/mol. The summed E-state index contributed by atoms with van der Waals surface area (Å²) >= 11 is 1.24. The van der Waals surface area contributed by atoms with E-state index in [1.54, 1.807) is 30.3 Å². The van der Waals surface area contributed by atoms with Crippen LogP contribution in [0.3, 0.4) is 0 Å². The number of thiazole rings is 1. The standard InChI is InChI=1S/C20H17FN4O3S2/c21-13-5-6-15-16(11-13)29-20(22-15)23-19(26)12-7-9-25(10-8-12)18-14-3-1-2-4-17(14)30(27,28)24-18/h1-6,11-12H,7-10H2,(H,22,23,26). The lowest BCUT2D eigenvalue weighted by Gasteiger charge is -2.32. The average Bonchev–Trinajstić information content (AvgIpc) is 3.25. The molecule has 0 unspecified atom stereocenters. The van der Waals surface area contributed by atoms with Crippen molar-refractivity contribution in [2.45, 2.75) is 17.7 Å². The van der Waals surface area contributed by atoms with Gasteiger partial charge in [-0.15, -0.1) is 4.40 Å². The molecule has 1 fully saturated rings. The number of likely N-dealkylation sites (tertiary alicyclic amines) is 1. The van der Waals surface area contributed by atoms with E-state index in [2.05, 4.69) is 14.7 Å². The third-order valence-corrected chi connectivity index (χ3v) is 7.62. The van der Waals surface area contributed by atoms with Crippen LogP contribution in [0.4, 0.5) is 9.52 Å². The van der Waals surface area contributed by atoms with Gasteiger partial charge in [0.1, 0.15) is 10.7 Å². The number of halogens is 1. The summed E-state index contributed by atoms with van der Waals surface area (Å²) in [6, 6.07) is 11.1. The van der Waals surface area contributed by atoms with Gasteiger partial charge in [0.15, 0.2) is 11.0 Å². The molecule has 1 amide bonds. The number of piperidine rings is 1. The molecule has 0 atom stereocenters. The first-order valence-electron chi connectivity index (χ1n) is 9.47. The molecule has 154 valence electrons. The van der Waals surface area contributed by atoms with Gasteiger partial charge >= 0.3 is 0 Å². The number of hydrogen-bond donors (Lipinski definition) is 1. The molecule has 1 aromatic heterocycles. The molecular weight excluding hydrogens is 427 g/mol. The van der Waals surface area contributed by atoms with E-state index in [1.165, 1.54) is 23.5 Å². The molecule has 1 N–H and O–H groups in total. The number of rotatable bonds is 2. The molecule has 2 aliphatic heterocycles.